The summed E-state index contributed by atoms with van der Waals surface area (Å²) in [4.78, 5) is 0. The van der Waals surface area contributed by atoms with E-state index in [2.05, 4.69) is 0 Å². The van der Waals surface area contributed by atoms with Crippen LogP contribution in [0.1, 0.15) is 0 Å². The fraction of sp³-hybridized carbons (Fsp3) is 0. The molecule has 0 rings (SSSR count). The number of hydrogen-bond acceptors (Lipinski definition) is 2. The van der Waals surface area contributed by atoms with Gasteiger partial charge in [-0.1, -0.05) is 0 Å². The minimum absolute atomic E-state index is 0. The first-order valence-corrected chi connectivity index (χ1v) is 1.27. The van der Waals surface area contributed by atoms with E-state index in [1.807, 2.05) is 0 Å². The zero-order valence-electron chi connectivity index (χ0n) is 2.19. The van der Waals surface area contributed by atoms with Crippen LogP contribution in [0.2, 0.25) is 0 Å². The van der Waals surface area contributed by atoms with Crippen LogP contribution in [0.15, 0.2) is 0 Å². The fourth-order valence-corrected chi connectivity index (χ4v) is 0. The van der Waals surface area contributed by atoms with E-state index in [1.165, 1.54) is 0 Å². The Morgan fingerprint density at radius 2 is 1.75 bits per heavy atom. The van der Waals surface area contributed by atoms with Crippen LogP contribution in [-0.2, 0) is 19.1 Å². The molecule has 0 amide bonds. The van der Waals surface area contributed by atoms with E-state index in [4.69, 9.17) is 8.02 Å². The quantitative estimate of drug-likeness (QED) is 0.308. The third kappa shape index (κ3) is 9.07. The van der Waals surface area contributed by atoms with Crippen LogP contribution >= 0.6 is 0 Å². The van der Waals surface area contributed by atoms with Gasteiger partial charge in [0.2, 0.25) is 0 Å². The van der Waals surface area contributed by atoms with E-state index in [9.17, 15) is 0 Å². The predicted molar refractivity (Wildman–Crippen MR) is 0.686 cm³/mol. The molecule has 0 atom stereocenters. The van der Waals surface area contributed by atoms with Gasteiger partial charge in [-0.15, -0.1) is 0 Å². The van der Waals surface area contributed by atoms with E-state index in [0.717, 1.165) is 0 Å². The summed E-state index contributed by atoms with van der Waals surface area (Å²) < 4.78 is 16.8. The second kappa shape index (κ2) is 8.87. The van der Waals surface area contributed by atoms with Gasteiger partial charge in [0.15, 0.2) is 0 Å². The van der Waals surface area contributed by atoms with Gasteiger partial charge in [-0.25, -0.2) is 0 Å². The Morgan fingerprint density at radius 1 is 1.75 bits per heavy atom. The summed E-state index contributed by atoms with van der Waals surface area (Å²) in [6.07, 6.45) is 0. The van der Waals surface area contributed by atoms with E-state index < -0.39 is 15.2 Å². The molecule has 0 radical (unpaired) electrons. The molecule has 0 bridgehead atoms. The minimum atomic E-state index is -1.44. The van der Waals surface area contributed by atoms with Crippen LogP contribution < -0.4 is 55.6 Å². The summed E-state index contributed by atoms with van der Waals surface area (Å²) in [6, 6.07) is 0. The van der Waals surface area contributed by atoms with E-state index >= 15 is 0 Å². The second-order valence-electron chi connectivity index (χ2n) is 0.0630. The number of rotatable bonds is 0. The molecule has 0 aliphatic heterocycles. The molecule has 0 aliphatic rings. The van der Waals surface area contributed by atoms with Crippen molar-refractivity contribution in [3.63, 3.8) is 0 Å². The molecule has 4 heteroatoms. The van der Waals surface area contributed by atoms with Gasteiger partial charge in [0.05, 0.1) is 0 Å². The average molecular weight is 126 g/mol. The molecular formula is KMnO2. The predicted octanol–water partition coefficient (Wildman–Crippen LogP) is -4.31. The first kappa shape index (κ1) is 9.32. The van der Waals surface area contributed by atoms with Crippen molar-refractivity contribution in [3.05, 3.63) is 0 Å². The average Bonchev–Trinajstić information content (AvgIpc) is 0.918. The Kier molecular flexibility index (Phi) is 20.7. The molecule has 0 fully saturated rings. The summed E-state index contributed by atoms with van der Waals surface area (Å²) in [5.74, 6) is 0. The summed E-state index contributed by atoms with van der Waals surface area (Å²) in [7, 11) is 0. The summed E-state index contributed by atoms with van der Waals surface area (Å²) in [5, 5.41) is 0. The van der Waals surface area contributed by atoms with Gasteiger partial charge < -0.3 is 0 Å². The molecule has 20 valence electrons. The van der Waals surface area contributed by atoms with Crippen molar-refractivity contribution in [2.24, 2.45) is 0 Å². The topological polar surface area (TPSA) is 40.1 Å². The monoisotopic (exact) mass is 126 g/mol. The van der Waals surface area contributed by atoms with Crippen LogP contribution in [0.5, 0.6) is 0 Å². The first-order valence-electron chi connectivity index (χ1n) is 0.309. The summed E-state index contributed by atoms with van der Waals surface area (Å²) in [6.45, 7) is 0. The Bertz CT molecular complexity index is 13.5. The van der Waals surface area contributed by atoms with E-state index in [-0.39, 0.29) is 51.4 Å². The Hall–Kier alpha value is 1.92. The van der Waals surface area contributed by atoms with Crippen molar-refractivity contribution in [2.75, 3.05) is 0 Å². The van der Waals surface area contributed by atoms with Crippen molar-refractivity contribution in [3.8, 4) is 0 Å². The maximum absolute atomic E-state index is 8.41. The number of hydrogen-bond donors (Lipinski definition) is 0. The van der Waals surface area contributed by atoms with Gasteiger partial charge in [0.25, 0.3) is 0 Å². The molecular weight excluding hydrogens is 126 g/mol. The SMILES string of the molecule is [K+].[O]=[Mn][O-]. The first-order chi connectivity index (χ1) is 1.41. The van der Waals surface area contributed by atoms with Crippen LogP contribution in [0.25, 0.3) is 0 Å². The fourth-order valence-electron chi connectivity index (χ4n) is 0. The molecule has 0 saturated carbocycles. The van der Waals surface area contributed by atoms with E-state index in [0.29, 0.717) is 0 Å². The maximum atomic E-state index is 8.41. The molecule has 0 spiro atoms. The van der Waals surface area contributed by atoms with Crippen molar-refractivity contribution in [1.29, 1.82) is 0 Å². The zero-order chi connectivity index (χ0) is 2.71. The normalized spacial score (nSPS) is 4.25. The molecule has 2 nitrogen and oxygen atoms in total. The van der Waals surface area contributed by atoms with Gasteiger partial charge in [-0.05, 0) is 0 Å². The van der Waals surface area contributed by atoms with Crippen molar-refractivity contribution < 1.29 is 74.6 Å². The molecule has 0 aromatic rings. The Morgan fingerprint density at radius 3 is 1.75 bits per heavy atom. The van der Waals surface area contributed by atoms with Crippen LogP contribution in [0, 0.1) is 0 Å². The van der Waals surface area contributed by atoms with Crippen molar-refractivity contribution in [1.82, 2.24) is 0 Å². The van der Waals surface area contributed by atoms with Crippen LogP contribution in [0.3, 0.4) is 0 Å². The van der Waals surface area contributed by atoms with Gasteiger partial charge >= 0.3 is 74.6 Å². The molecule has 0 aromatic carbocycles. The second-order valence-corrected chi connectivity index (χ2v) is 0.260. The molecule has 0 aromatic heterocycles. The van der Waals surface area contributed by atoms with Gasteiger partial charge in [-0.2, -0.15) is 0 Å². The molecule has 0 N–H and O–H groups in total. The molecule has 0 unspecified atom stereocenters. The third-order valence-corrected chi connectivity index (χ3v) is 0. The Labute approximate surface area is 73.1 Å². The Balaban J connectivity index is 0. The molecule has 0 aliphatic carbocycles. The molecule has 0 saturated heterocycles. The summed E-state index contributed by atoms with van der Waals surface area (Å²) >= 11 is -1.44. The zero-order valence-corrected chi connectivity index (χ0v) is 6.50. The van der Waals surface area contributed by atoms with Crippen LogP contribution in [0.4, 0.5) is 0 Å². The molecule has 4 heavy (non-hydrogen) atoms. The van der Waals surface area contributed by atoms with Crippen LogP contribution in [-0.4, -0.2) is 0 Å². The van der Waals surface area contributed by atoms with Gasteiger partial charge in [0.1, 0.15) is 0 Å². The molecule has 0 heterocycles. The standard InChI is InChI=1S/K.Mn.2O/q+1;;;-1. The third-order valence-electron chi connectivity index (χ3n) is 0. The van der Waals surface area contributed by atoms with Crippen molar-refractivity contribution >= 4 is 0 Å². The van der Waals surface area contributed by atoms with Gasteiger partial charge in [0, 0.05) is 0 Å². The van der Waals surface area contributed by atoms with Gasteiger partial charge in [-0.3, -0.25) is 0 Å². The summed E-state index contributed by atoms with van der Waals surface area (Å²) in [5.41, 5.74) is 0. The van der Waals surface area contributed by atoms with Crippen molar-refractivity contribution in [2.45, 2.75) is 0 Å². The van der Waals surface area contributed by atoms with E-state index in [1.54, 1.807) is 0 Å².